The summed E-state index contributed by atoms with van der Waals surface area (Å²) in [4.78, 5) is 5.09. The van der Waals surface area contributed by atoms with Crippen molar-refractivity contribution >= 4 is 22.7 Å². The number of fused-ring (bicyclic) bond motifs is 3. The SMILES string of the molecule is CCCc1nc2c(C)cc(-c3nnc(C)o3)cc2n1Cc1ccc2c(c1)CCc1ccccc1/C2=C\c1nn[nH]n1. The molecule has 0 radical (unpaired) electrons. The fraction of sp³-hybridized carbons (Fsp3) is 0.250. The van der Waals surface area contributed by atoms with Crippen molar-refractivity contribution < 1.29 is 4.42 Å². The quantitative estimate of drug-likeness (QED) is 0.279. The number of benzene rings is 3. The van der Waals surface area contributed by atoms with Crippen molar-refractivity contribution in [2.75, 3.05) is 0 Å². The standard InChI is InChI=1S/C32H30N8O/c1-4-7-30-33-31-19(2)14-24(32-37-34-20(3)41-32)16-28(31)40(30)18-21-10-13-26-23(15-21)12-11-22-8-5-6-9-25(22)27(26)17-29-35-38-39-36-29/h5-6,8-10,13-17H,4,7,11-12,18H2,1-3H3,(H,35,36,38,39)/b27-17+. The Morgan fingerprint density at radius 2 is 1.80 bits per heavy atom. The molecule has 0 spiro atoms. The van der Waals surface area contributed by atoms with Crippen molar-refractivity contribution in [2.24, 2.45) is 0 Å². The van der Waals surface area contributed by atoms with Gasteiger partial charge in [-0.25, -0.2) is 4.98 Å². The smallest absolute Gasteiger partial charge is 0.247 e. The zero-order valence-electron chi connectivity index (χ0n) is 23.3. The number of rotatable bonds is 6. The molecule has 3 aromatic carbocycles. The third kappa shape index (κ3) is 4.63. The van der Waals surface area contributed by atoms with Crippen LogP contribution in [0.25, 0.3) is 34.1 Å². The van der Waals surface area contributed by atoms with Crippen LogP contribution in [-0.2, 0) is 25.8 Å². The Balaban J connectivity index is 1.32. The van der Waals surface area contributed by atoms with Crippen molar-refractivity contribution in [2.45, 2.75) is 53.0 Å². The molecular formula is C32H30N8O. The lowest BCUT2D eigenvalue weighted by Crippen LogP contribution is -2.06. The second-order valence-electron chi connectivity index (χ2n) is 10.6. The molecule has 0 saturated heterocycles. The van der Waals surface area contributed by atoms with Crippen LogP contribution in [-0.4, -0.2) is 40.4 Å². The summed E-state index contributed by atoms with van der Waals surface area (Å²) in [5, 5.41) is 23.0. The molecule has 204 valence electrons. The second-order valence-corrected chi connectivity index (χ2v) is 10.6. The summed E-state index contributed by atoms with van der Waals surface area (Å²) in [6.45, 7) is 6.83. The van der Waals surface area contributed by atoms with Crippen LogP contribution in [0.5, 0.6) is 0 Å². The van der Waals surface area contributed by atoms with Crippen LogP contribution in [0.4, 0.5) is 0 Å². The van der Waals surface area contributed by atoms with E-state index in [4.69, 9.17) is 9.40 Å². The number of hydrogen-bond donors (Lipinski definition) is 1. The maximum atomic E-state index is 5.76. The predicted molar refractivity (Wildman–Crippen MR) is 157 cm³/mol. The number of H-pyrrole nitrogens is 1. The Bertz CT molecular complexity index is 1910. The number of hydrogen-bond acceptors (Lipinski definition) is 7. The lowest BCUT2D eigenvalue weighted by molar-refractivity contribution is 0.533. The lowest BCUT2D eigenvalue weighted by Gasteiger charge is -2.14. The molecule has 3 heterocycles. The molecule has 7 rings (SSSR count). The van der Waals surface area contributed by atoms with E-state index in [0.29, 0.717) is 17.6 Å². The first kappa shape index (κ1) is 25.1. The maximum Gasteiger partial charge on any atom is 0.247 e. The van der Waals surface area contributed by atoms with Gasteiger partial charge in [0.15, 0.2) is 5.82 Å². The summed E-state index contributed by atoms with van der Waals surface area (Å²) in [6.07, 6.45) is 5.87. The molecule has 0 unspecified atom stereocenters. The van der Waals surface area contributed by atoms with E-state index in [9.17, 15) is 0 Å². The Kier molecular flexibility index (Phi) is 6.26. The third-order valence-electron chi connectivity index (χ3n) is 7.78. The molecule has 0 saturated carbocycles. The summed E-state index contributed by atoms with van der Waals surface area (Å²) < 4.78 is 8.11. The number of nitrogens with zero attached hydrogens (tertiary/aromatic N) is 7. The first-order valence-electron chi connectivity index (χ1n) is 14.0. The lowest BCUT2D eigenvalue weighted by atomic mass is 9.92. The summed E-state index contributed by atoms with van der Waals surface area (Å²) in [7, 11) is 0. The van der Waals surface area contributed by atoms with Gasteiger partial charge in [0.2, 0.25) is 11.8 Å². The van der Waals surface area contributed by atoms with E-state index in [1.807, 2.05) is 13.0 Å². The third-order valence-corrected chi connectivity index (χ3v) is 7.78. The maximum absolute atomic E-state index is 5.76. The first-order valence-corrected chi connectivity index (χ1v) is 14.0. The van der Waals surface area contributed by atoms with Crippen LogP contribution in [0.3, 0.4) is 0 Å². The van der Waals surface area contributed by atoms with Gasteiger partial charge >= 0.3 is 0 Å². The molecule has 9 heteroatoms. The minimum Gasteiger partial charge on any atom is -0.421 e. The normalized spacial score (nSPS) is 13.9. The minimum absolute atomic E-state index is 0.530. The molecule has 0 atom stereocenters. The van der Waals surface area contributed by atoms with Gasteiger partial charge in [0.25, 0.3) is 0 Å². The van der Waals surface area contributed by atoms with E-state index in [1.54, 1.807) is 0 Å². The average molecular weight is 543 g/mol. The largest absolute Gasteiger partial charge is 0.421 e. The van der Waals surface area contributed by atoms with Crippen LogP contribution < -0.4 is 0 Å². The topological polar surface area (TPSA) is 111 Å². The molecular weight excluding hydrogens is 512 g/mol. The van der Waals surface area contributed by atoms with Gasteiger partial charge in [-0.1, -0.05) is 49.4 Å². The number of aryl methyl sites for hydroxylation is 5. The molecule has 0 bridgehead atoms. The molecule has 1 aliphatic rings. The fourth-order valence-electron chi connectivity index (χ4n) is 5.90. The van der Waals surface area contributed by atoms with Crippen molar-refractivity contribution in [3.63, 3.8) is 0 Å². The molecule has 3 aromatic heterocycles. The molecule has 41 heavy (non-hydrogen) atoms. The average Bonchev–Trinajstić information content (AvgIpc) is 3.71. The molecule has 1 N–H and O–H groups in total. The highest BCUT2D eigenvalue weighted by molar-refractivity contribution is 5.93. The fourth-order valence-corrected chi connectivity index (χ4v) is 5.90. The van der Waals surface area contributed by atoms with Gasteiger partial charge in [-0.3, -0.25) is 0 Å². The van der Waals surface area contributed by atoms with Gasteiger partial charge < -0.3 is 8.98 Å². The van der Waals surface area contributed by atoms with Gasteiger partial charge in [0, 0.05) is 25.5 Å². The zero-order valence-corrected chi connectivity index (χ0v) is 23.3. The Morgan fingerprint density at radius 1 is 0.951 bits per heavy atom. The molecule has 0 fully saturated rings. The van der Waals surface area contributed by atoms with E-state index >= 15 is 0 Å². The molecule has 0 amide bonds. The summed E-state index contributed by atoms with van der Waals surface area (Å²) >= 11 is 0. The number of aromatic amines is 1. The number of nitrogens with one attached hydrogen (secondary N) is 1. The predicted octanol–water partition coefficient (Wildman–Crippen LogP) is 5.90. The van der Waals surface area contributed by atoms with Crippen LogP contribution in [0.2, 0.25) is 0 Å². The molecule has 6 aromatic rings. The first-order chi connectivity index (χ1) is 20.1. The van der Waals surface area contributed by atoms with Gasteiger partial charge in [0.1, 0.15) is 5.82 Å². The van der Waals surface area contributed by atoms with E-state index in [0.717, 1.165) is 65.8 Å². The van der Waals surface area contributed by atoms with E-state index in [-0.39, 0.29) is 0 Å². The van der Waals surface area contributed by atoms with Crippen molar-refractivity contribution in [3.8, 4) is 11.5 Å². The van der Waals surface area contributed by atoms with Crippen molar-refractivity contribution in [1.82, 2.24) is 40.4 Å². The van der Waals surface area contributed by atoms with Crippen molar-refractivity contribution in [1.29, 1.82) is 0 Å². The van der Waals surface area contributed by atoms with Gasteiger partial charge in [0.05, 0.1) is 11.0 Å². The Morgan fingerprint density at radius 3 is 2.61 bits per heavy atom. The summed E-state index contributed by atoms with van der Waals surface area (Å²) in [6, 6.07) is 19.6. The Hall–Kier alpha value is -4.92. The highest BCUT2D eigenvalue weighted by Gasteiger charge is 2.21. The van der Waals surface area contributed by atoms with Crippen LogP contribution in [0.1, 0.15) is 64.3 Å². The van der Waals surface area contributed by atoms with Gasteiger partial charge in [-0.05, 0) is 88.6 Å². The summed E-state index contributed by atoms with van der Waals surface area (Å²) in [5.74, 6) is 2.74. The highest BCUT2D eigenvalue weighted by atomic mass is 16.4. The van der Waals surface area contributed by atoms with Gasteiger partial charge in [-0.2, -0.15) is 5.21 Å². The zero-order chi connectivity index (χ0) is 27.9. The second kappa shape index (κ2) is 10.2. The van der Waals surface area contributed by atoms with Crippen LogP contribution in [0.15, 0.2) is 59.0 Å². The summed E-state index contributed by atoms with van der Waals surface area (Å²) in [5.41, 5.74) is 11.5. The van der Waals surface area contributed by atoms with E-state index in [1.165, 1.54) is 27.8 Å². The number of imidazole rings is 1. The minimum atomic E-state index is 0.530. The van der Waals surface area contributed by atoms with Crippen LogP contribution >= 0.6 is 0 Å². The molecule has 0 aliphatic heterocycles. The van der Waals surface area contributed by atoms with Crippen molar-refractivity contribution in [3.05, 3.63) is 106 Å². The van der Waals surface area contributed by atoms with E-state index < -0.39 is 0 Å². The van der Waals surface area contributed by atoms with Crippen LogP contribution in [0, 0.1) is 13.8 Å². The molecule has 1 aliphatic carbocycles. The van der Waals surface area contributed by atoms with E-state index in [2.05, 4.69) is 104 Å². The Labute approximate surface area is 237 Å². The van der Waals surface area contributed by atoms with Gasteiger partial charge in [-0.15, -0.1) is 20.4 Å². The number of tetrazole rings is 1. The highest BCUT2D eigenvalue weighted by Crippen LogP contribution is 2.36. The number of aromatic nitrogens is 8. The monoisotopic (exact) mass is 542 g/mol. The molecule has 9 nitrogen and oxygen atoms in total.